The van der Waals surface area contributed by atoms with Gasteiger partial charge in [0.1, 0.15) is 0 Å². The first-order valence-corrected chi connectivity index (χ1v) is 9.28. The van der Waals surface area contributed by atoms with Gasteiger partial charge in [0.15, 0.2) is 0 Å². The van der Waals surface area contributed by atoms with Crippen molar-refractivity contribution in [2.45, 2.75) is 25.4 Å². The van der Waals surface area contributed by atoms with E-state index < -0.39 is 0 Å². The van der Waals surface area contributed by atoms with Crippen LogP contribution in [0.4, 0.5) is 0 Å². The second kappa shape index (κ2) is 9.28. The third-order valence-electron chi connectivity index (χ3n) is 4.72. The third-order valence-corrected chi connectivity index (χ3v) is 4.72. The van der Waals surface area contributed by atoms with E-state index >= 15 is 0 Å². The standard InChI is InChI=1S/C21H25N3O3/c1-24(12-9-16-7-10-22-11-8-16)21(26)18-5-2-4-17(14-18)20(25)23-15-19-6-3-13-27-19/h2,4-5,7-8,10-11,14,19H,3,6,9,12-13,15H2,1H3,(H,23,25). The third kappa shape index (κ3) is 5.37. The van der Waals surface area contributed by atoms with Gasteiger partial charge >= 0.3 is 0 Å². The quantitative estimate of drug-likeness (QED) is 0.815. The van der Waals surface area contributed by atoms with Crippen molar-refractivity contribution in [1.29, 1.82) is 0 Å². The van der Waals surface area contributed by atoms with E-state index in [1.165, 1.54) is 0 Å². The Balaban J connectivity index is 1.56. The first-order chi connectivity index (χ1) is 13.1. The summed E-state index contributed by atoms with van der Waals surface area (Å²) in [4.78, 5) is 30.7. The van der Waals surface area contributed by atoms with Crippen molar-refractivity contribution in [3.05, 3.63) is 65.5 Å². The number of carbonyl (C=O) groups is 2. The smallest absolute Gasteiger partial charge is 0.253 e. The Hall–Kier alpha value is -2.73. The van der Waals surface area contributed by atoms with E-state index in [0.29, 0.717) is 24.2 Å². The van der Waals surface area contributed by atoms with Gasteiger partial charge in [0, 0.05) is 50.3 Å². The second-order valence-electron chi connectivity index (χ2n) is 6.76. The lowest BCUT2D eigenvalue weighted by Gasteiger charge is -2.18. The molecule has 0 spiro atoms. The van der Waals surface area contributed by atoms with Crippen molar-refractivity contribution < 1.29 is 14.3 Å². The molecule has 0 saturated carbocycles. The Morgan fingerprint density at radius 1 is 1.22 bits per heavy atom. The Bertz CT molecular complexity index is 773. The second-order valence-corrected chi connectivity index (χ2v) is 6.76. The summed E-state index contributed by atoms with van der Waals surface area (Å²) in [6.07, 6.45) is 6.35. The molecule has 6 heteroatoms. The molecule has 1 aromatic heterocycles. The van der Waals surface area contributed by atoms with Crippen molar-refractivity contribution >= 4 is 11.8 Å². The van der Waals surface area contributed by atoms with Gasteiger partial charge in [-0.25, -0.2) is 0 Å². The van der Waals surface area contributed by atoms with Crippen molar-refractivity contribution in [3.8, 4) is 0 Å². The van der Waals surface area contributed by atoms with Crippen molar-refractivity contribution in [2.24, 2.45) is 0 Å². The fraction of sp³-hybridized carbons (Fsp3) is 0.381. The molecule has 1 fully saturated rings. The van der Waals surface area contributed by atoms with Crippen LogP contribution in [0.15, 0.2) is 48.8 Å². The molecule has 142 valence electrons. The van der Waals surface area contributed by atoms with Gasteiger partial charge in [0.05, 0.1) is 6.10 Å². The molecule has 2 amide bonds. The van der Waals surface area contributed by atoms with E-state index in [-0.39, 0.29) is 17.9 Å². The zero-order valence-corrected chi connectivity index (χ0v) is 15.6. The van der Waals surface area contributed by atoms with Gasteiger partial charge in [-0.15, -0.1) is 0 Å². The number of hydrogen-bond donors (Lipinski definition) is 1. The van der Waals surface area contributed by atoms with Gasteiger partial charge in [-0.05, 0) is 55.2 Å². The normalized spacial score (nSPS) is 16.1. The van der Waals surface area contributed by atoms with Crippen LogP contribution in [0.5, 0.6) is 0 Å². The van der Waals surface area contributed by atoms with Gasteiger partial charge in [-0.2, -0.15) is 0 Å². The topological polar surface area (TPSA) is 71.5 Å². The minimum absolute atomic E-state index is 0.0954. The number of pyridine rings is 1. The average Bonchev–Trinajstić information content (AvgIpc) is 3.24. The first-order valence-electron chi connectivity index (χ1n) is 9.28. The number of likely N-dealkylation sites (N-methyl/N-ethyl adjacent to an activating group) is 1. The molecule has 2 aromatic rings. The summed E-state index contributed by atoms with van der Waals surface area (Å²) in [6, 6.07) is 10.7. The largest absolute Gasteiger partial charge is 0.376 e. The molecule has 1 unspecified atom stereocenters. The van der Waals surface area contributed by atoms with E-state index in [0.717, 1.165) is 31.4 Å². The van der Waals surface area contributed by atoms with Crippen molar-refractivity contribution in [2.75, 3.05) is 26.7 Å². The fourth-order valence-electron chi connectivity index (χ4n) is 3.08. The minimum atomic E-state index is -0.181. The van der Waals surface area contributed by atoms with Gasteiger partial charge in [-0.3, -0.25) is 14.6 Å². The number of nitrogens with zero attached hydrogens (tertiary/aromatic N) is 2. The van der Waals surface area contributed by atoms with Crippen molar-refractivity contribution in [1.82, 2.24) is 15.2 Å². The molecule has 2 heterocycles. The monoisotopic (exact) mass is 367 g/mol. The molecular formula is C21H25N3O3. The fourth-order valence-corrected chi connectivity index (χ4v) is 3.08. The molecular weight excluding hydrogens is 342 g/mol. The minimum Gasteiger partial charge on any atom is -0.376 e. The molecule has 0 bridgehead atoms. The Kier molecular flexibility index (Phi) is 6.54. The van der Waals surface area contributed by atoms with Crippen molar-refractivity contribution in [3.63, 3.8) is 0 Å². The van der Waals surface area contributed by atoms with Crippen LogP contribution < -0.4 is 5.32 Å². The van der Waals surface area contributed by atoms with Crippen LogP contribution in [0, 0.1) is 0 Å². The number of ether oxygens (including phenoxy) is 1. The van der Waals surface area contributed by atoms with E-state index in [9.17, 15) is 9.59 Å². The highest BCUT2D eigenvalue weighted by Crippen LogP contribution is 2.12. The van der Waals surface area contributed by atoms with Crippen LogP contribution in [0.3, 0.4) is 0 Å². The molecule has 1 N–H and O–H groups in total. The van der Waals surface area contributed by atoms with Crippen LogP contribution >= 0.6 is 0 Å². The number of carbonyl (C=O) groups excluding carboxylic acids is 2. The molecule has 1 saturated heterocycles. The number of aromatic nitrogens is 1. The molecule has 1 aliphatic heterocycles. The summed E-state index contributed by atoms with van der Waals surface area (Å²) in [7, 11) is 1.77. The number of amides is 2. The van der Waals surface area contributed by atoms with Gasteiger partial charge in [0.25, 0.3) is 11.8 Å². The molecule has 0 aliphatic carbocycles. The number of benzene rings is 1. The number of nitrogens with one attached hydrogen (secondary N) is 1. The first kappa shape index (κ1) is 19.0. The van der Waals surface area contributed by atoms with Gasteiger partial charge in [0.2, 0.25) is 0 Å². The Labute approximate surface area is 159 Å². The van der Waals surface area contributed by atoms with Gasteiger partial charge < -0.3 is 15.0 Å². The summed E-state index contributed by atoms with van der Waals surface area (Å²) in [5, 5.41) is 2.89. The highest BCUT2D eigenvalue weighted by molar-refractivity contribution is 5.99. The van der Waals surface area contributed by atoms with Gasteiger partial charge in [-0.1, -0.05) is 6.07 Å². The number of hydrogen-bond acceptors (Lipinski definition) is 4. The molecule has 6 nitrogen and oxygen atoms in total. The van der Waals surface area contributed by atoms with Crippen LogP contribution in [0.1, 0.15) is 39.1 Å². The zero-order chi connectivity index (χ0) is 19.1. The van der Waals surface area contributed by atoms with Crippen LogP contribution in [-0.4, -0.2) is 54.5 Å². The molecule has 3 rings (SSSR count). The lowest BCUT2D eigenvalue weighted by molar-refractivity contribution is 0.0796. The maximum Gasteiger partial charge on any atom is 0.253 e. The maximum atomic E-state index is 12.7. The summed E-state index contributed by atoms with van der Waals surface area (Å²) >= 11 is 0. The van der Waals surface area contributed by atoms with Crippen LogP contribution in [0.25, 0.3) is 0 Å². The van der Waals surface area contributed by atoms with E-state index in [1.807, 2.05) is 12.1 Å². The summed E-state index contributed by atoms with van der Waals surface area (Å²) < 4.78 is 5.52. The van der Waals surface area contributed by atoms with E-state index in [4.69, 9.17) is 4.74 Å². The Morgan fingerprint density at radius 2 is 2.00 bits per heavy atom. The Morgan fingerprint density at radius 3 is 2.74 bits per heavy atom. The molecule has 1 aromatic carbocycles. The van der Waals surface area contributed by atoms with Crippen LogP contribution in [-0.2, 0) is 11.2 Å². The van der Waals surface area contributed by atoms with E-state index in [2.05, 4.69) is 10.3 Å². The predicted molar refractivity (Wildman–Crippen MR) is 103 cm³/mol. The molecule has 1 aliphatic rings. The van der Waals surface area contributed by atoms with Crippen LogP contribution in [0.2, 0.25) is 0 Å². The summed E-state index contributed by atoms with van der Waals surface area (Å²) in [6.45, 7) is 1.86. The number of rotatable bonds is 7. The predicted octanol–water partition coefficient (Wildman–Crippen LogP) is 2.31. The highest BCUT2D eigenvalue weighted by atomic mass is 16.5. The van der Waals surface area contributed by atoms with E-state index in [1.54, 1.807) is 48.6 Å². The zero-order valence-electron chi connectivity index (χ0n) is 15.6. The highest BCUT2D eigenvalue weighted by Gasteiger charge is 2.18. The molecule has 27 heavy (non-hydrogen) atoms. The lowest BCUT2D eigenvalue weighted by atomic mass is 10.1. The SMILES string of the molecule is CN(CCc1ccncc1)C(=O)c1cccc(C(=O)NCC2CCCO2)c1. The molecule has 0 radical (unpaired) electrons. The molecule has 1 atom stereocenters. The summed E-state index contributed by atoms with van der Waals surface area (Å²) in [5.74, 6) is -0.280. The maximum absolute atomic E-state index is 12.7. The summed E-state index contributed by atoms with van der Waals surface area (Å²) in [5.41, 5.74) is 2.13. The lowest BCUT2D eigenvalue weighted by Crippen LogP contribution is -2.32. The average molecular weight is 367 g/mol.